The second-order valence-corrected chi connectivity index (χ2v) is 5.24. The lowest BCUT2D eigenvalue weighted by molar-refractivity contribution is 0.215. The summed E-state index contributed by atoms with van der Waals surface area (Å²) < 4.78 is 13.1. The number of anilines is 2. The normalized spacial score (nSPS) is 17.9. The summed E-state index contributed by atoms with van der Waals surface area (Å²) in [4.78, 5) is 2.37. The maximum absolute atomic E-state index is 13.1. The molecular weight excluding hydrogens is 229 g/mol. The van der Waals surface area contributed by atoms with Gasteiger partial charge in [0.15, 0.2) is 0 Å². The molecule has 0 unspecified atom stereocenters. The zero-order valence-corrected chi connectivity index (χ0v) is 11.0. The van der Waals surface area contributed by atoms with Crippen LogP contribution < -0.4 is 11.1 Å². The number of halogens is 1. The standard InChI is InChI=1S/C14H22FN3/c1-18-6-3-11(4-7-18)2-5-17-14-9-12(15)8-13(16)10-14/h8-11,17H,2-7,16H2,1H3. The number of nitrogens with two attached hydrogens (primary N) is 1. The van der Waals surface area contributed by atoms with Gasteiger partial charge in [-0.15, -0.1) is 0 Å². The number of benzene rings is 1. The summed E-state index contributed by atoms with van der Waals surface area (Å²) in [7, 11) is 2.17. The van der Waals surface area contributed by atoms with Crippen LogP contribution in [0.1, 0.15) is 19.3 Å². The number of piperidine rings is 1. The lowest BCUT2D eigenvalue weighted by Gasteiger charge is -2.29. The van der Waals surface area contributed by atoms with Crippen LogP contribution in [-0.4, -0.2) is 31.6 Å². The summed E-state index contributed by atoms with van der Waals surface area (Å²) in [5.74, 6) is 0.511. The smallest absolute Gasteiger partial charge is 0.127 e. The zero-order valence-electron chi connectivity index (χ0n) is 11.0. The molecule has 1 aromatic carbocycles. The average Bonchev–Trinajstić information content (AvgIpc) is 2.30. The molecule has 1 saturated heterocycles. The molecule has 1 heterocycles. The van der Waals surface area contributed by atoms with Gasteiger partial charge in [0.2, 0.25) is 0 Å². The Labute approximate surface area is 108 Å². The molecule has 1 aliphatic rings. The van der Waals surface area contributed by atoms with Gasteiger partial charge < -0.3 is 16.0 Å². The van der Waals surface area contributed by atoms with Crippen molar-refractivity contribution >= 4 is 11.4 Å². The molecule has 18 heavy (non-hydrogen) atoms. The average molecular weight is 251 g/mol. The van der Waals surface area contributed by atoms with Crippen molar-refractivity contribution in [2.75, 3.05) is 37.7 Å². The SMILES string of the molecule is CN1CCC(CCNc2cc(N)cc(F)c2)CC1. The van der Waals surface area contributed by atoms with Crippen LogP contribution in [0.25, 0.3) is 0 Å². The van der Waals surface area contributed by atoms with E-state index in [0.717, 1.165) is 24.6 Å². The maximum atomic E-state index is 13.1. The molecule has 0 bridgehead atoms. The summed E-state index contributed by atoms with van der Waals surface area (Å²) in [6.45, 7) is 3.27. The molecule has 1 fully saturated rings. The second-order valence-electron chi connectivity index (χ2n) is 5.24. The van der Waals surface area contributed by atoms with Gasteiger partial charge in [0.25, 0.3) is 0 Å². The molecule has 100 valence electrons. The predicted molar refractivity (Wildman–Crippen MR) is 74.1 cm³/mol. The van der Waals surface area contributed by atoms with Gasteiger partial charge in [-0.3, -0.25) is 0 Å². The lowest BCUT2D eigenvalue weighted by Crippen LogP contribution is -2.30. The van der Waals surface area contributed by atoms with E-state index in [1.165, 1.54) is 38.1 Å². The molecule has 0 radical (unpaired) electrons. The van der Waals surface area contributed by atoms with Gasteiger partial charge >= 0.3 is 0 Å². The van der Waals surface area contributed by atoms with E-state index < -0.39 is 0 Å². The summed E-state index contributed by atoms with van der Waals surface area (Å²) in [6, 6.07) is 4.60. The molecule has 3 nitrogen and oxygen atoms in total. The quantitative estimate of drug-likeness (QED) is 0.808. The van der Waals surface area contributed by atoms with Crippen molar-refractivity contribution < 1.29 is 4.39 Å². The minimum atomic E-state index is -0.281. The first kappa shape index (κ1) is 13.1. The van der Waals surface area contributed by atoms with Crippen LogP contribution in [0, 0.1) is 11.7 Å². The van der Waals surface area contributed by atoms with E-state index >= 15 is 0 Å². The van der Waals surface area contributed by atoms with Crippen molar-refractivity contribution in [1.29, 1.82) is 0 Å². The van der Waals surface area contributed by atoms with E-state index in [9.17, 15) is 4.39 Å². The largest absolute Gasteiger partial charge is 0.399 e. The van der Waals surface area contributed by atoms with Gasteiger partial charge in [-0.1, -0.05) is 0 Å². The number of hydrogen-bond donors (Lipinski definition) is 2. The predicted octanol–water partition coefficient (Wildman–Crippen LogP) is 2.55. The van der Waals surface area contributed by atoms with Gasteiger partial charge in [-0.2, -0.15) is 0 Å². The Hall–Kier alpha value is -1.29. The molecule has 1 aliphatic heterocycles. The first-order valence-corrected chi connectivity index (χ1v) is 6.62. The molecule has 0 aliphatic carbocycles. The Morgan fingerprint density at radius 3 is 2.72 bits per heavy atom. The highest BCUT2D eigenvalue weighted by Gasteiger charge is 2.15. The first-order chi connectivity index (χ1) is 8.63. The Kier molecular flexibility index (Phi) is 4.42. The highest BCUT2D eigenvalue weighted by molar-refractivity contribution is 5.54. The minimum absolute atomic E-state index is 0.281. The van der Waals surface area contributed by atoms with E-state index in [1.54, 1.807) is 6.07 Å². The fraction of sp³-hybridized carbons (Fsp3) is 0.571. The summed E-state index contributed by atoms with van der Waals surface area (Å²) in [5, 5.41) is 3.25. The monoisotopic (exact) mass is 251 g/mol. The van der Waals surface area contributed by atoms with E-state index in [1.807, 2.05) is 0 Å². The Morgan fingerprint density at radius 1 is 1.33 bits per heavy atom. The topological polar surface area (TPSA) is 41.3 Å². The maximum Gasteiger partial charge on any atom is 0.127 e. The third kappa shape index (κ3) is 3.88. The third-order valence-corrected chi connectivity index (χ3v) is 3.64. The fourth-order valence-corrected chi connectivity index (χ4v) is 2.49. The molecule has 0 saturated carbocycles. The molecule has 0 amide bonds. The molecule has 4 heteroatoms. The number of nitrogens with zero attached hydrogens (tertiary/aromatic N) is 1. The number of hydrogen-bond acceptors (Lipinski definition) is 3. The molecular formula is C14H22FN3. The number of rotatable bonds is 4. The van der Waals surface area contributed by atoms with Crippen molar-refractivity contribution in [1.82, 2.24) is 4.90 Å². The van der Waals surface area contributed by atoms with Crippen LogP contribution in [0.2, 0.25) is 0 Å². The van der Waals surface area contributed by atoms with Crippen LogP contribution in [0.4, 0.5) is 15.8 Å². The van der Waals surface area contributed by atoms with Gasteiger partial charge in [0.05, 0.1) is 0 Å². The van der Waals surface area contributed by atoms with Crippen molar-refractivity contribution in [2.24, 2.45) is 5.92 Å². The van der Waals surface area contributed by atoms with Crippen LogP contribution in [0.5, 0.6) is 0 Å². The zero-order chi connectivity index (χ0) is 13.0. The highest BCUT2D eigenvalue weighted by atomic mass is 19.1. The van der Waals surface area contributed by atoms with Gasteiger partial charge in [0, 0.05) is 17.9 Å². The first-order valence-electron chi connectivity index (χ1n) is 6.62. The molecule has 0 spiro atoms. The minimum Gasteiger partial charge on any atom is -0.399 e. The van der Waals surface area contributed by atoms with Crippen molar-refractivity contribution in [3.05, 3.63) is 24.0 Å². The Morgan fingerprint density at radius 2 is 2.06 bits per heavy atom. The number of likely N-dealkylation sites (tertiary alicyclic amines) is 1. The highest BCUT2D eigenvalue weighted by Crippen LogP contribution is 2.20. The molecule has 1 aromatic rings. The van der Waals surface area contributed by atoms with Crippen LogP contribution in [0.15, 0.2) is 18.2 Å². The third-order valence-electron chi connectivity index (χ3n) is 3.64. The van der Waals surface area contributed by atoms with E-state index in [2.05, 4.69) is 17.3 Å². The summed E-state index contributed by atoms with van der Waals surface area (Å²) in [5.41, 5.74) is 6.85. The van der Waals surface area contributed by atoms with Crippen LogP contribution >= 0.6 is 0 Å². The molecule has 2 rings (SSSR count). The summed E-state index contributed by atoms with van der Waals surface area (Å²) >= 11 is 0. The van der Waals surface area contributed by atoms with Crippen LogP contribution in [0.3, 0.4) is 0 Å². The fourth-order valence-electron chi connectivity index (χ4n) is 2.49. The second kappa shape index (κ2) is 6.05. The van der Waals surface area contributed by atoms with Crippen molar-refractivity contribution in [3.8, 4) is 0 Å². The van der Waals surface area contributed by atoms with E-state index in [0.29, 0.717) is 5.69 Å². The number of nitrogens with one attached hydrogen (secondary N) is 1. The molecule has 0 aromatic heterocycles. The number of nitrogen functional groups attached to an aromatic ring is 1. The van der Waals surface area contributed by atoms with Gasteiger partial charge in [-0.25, -0.2) is 4.39 Å². The summed E-state index contributed by atoms with van der Waals surface area (Å²) in [6.07, 6.45) is 3.68. The van der Waals surface area contributed by atoms with Crippen LogP contribution in [-0.2, 0) is 0 Å². The van der Waals surface area contributed by atoms with Crippen molar-refractivity contribution in [2.45, 2.75) is 19.3 Å². The lowest BCUT2D eigenvalue weighted by atomic mass is 9.94. The Bertz CT molecular complexity index is 366. The Balaban J connectivity index is 1.74. The molecule has 0 atom stereocenters. The van der Waals surface area contributed by atoms with Crippen molar-refractivity contribution in [3.63, 3.8) is 0 Å². The van der Waals surface area contributed by atoms with Gasteiger partial charge in [-0.05, 0) is 63.5 Å². The van der Waals surface area contributed by atoms with E-state index in [4.69, 9.17) is 5.73 Å². The van der Waals surface area contributed by atoms with Gasteiger partial charge in [0.1, 0.15) is 5.82 Å². The molecule has 3 N–H and O–H groups in total. The van der Waals surface area contributed by atoms with E-state index in [-0.39, 0.29) is 5.82 Å².